The summed E-state index contributed by atoms with van der Waals surface area (Å²) in [6.45, 7) is 7.88. The molecule has 2 saturated heterocycles. The molecule has 49 heavy (non-hydrogen) atoms. The number of pyridine rings is 2. The molecule has 2 aliphatic heterocycles. The van der Waals surface area contributed by atoms with Gasteiger partial charge in [0, 0.05) is 89.7 Å². The van der Waals surface area contributed by atoms with Crippen LogP contribution in [0.25, 0.3) is 0 Å². The second-order valence-corrected chi connectivity index (χ2v) is 12.4. The molecule has 1 amide bonds. The first-order valence-electron chi connectivity index (χ1n) is 17.0. The van der Waals surface area contributed by atoms with Crippen molar-refractivity contribution in [1.29, 1.82) is 0 Å². The molecule has 0 bridgehead atoms. The number of benzene rings is 2. The van der Waals surface area contributed by atoms with Crippen molar-refractivity contribution in [3.63, 3.8) is 0 Å². The summed E-state index contributed by atoms with van der Waals surface area (Å²) in [5.41, 5.74) is 17.0. The number of hydrogen-bond donors (Lipinski definition) is 2. The molecule has 2 atom stereocenters. The summed E-state index contributed by atoms with van der Waals surface area (Å²) >= 11 is 0. The SMILES string of the molecule is COc1ccccc1N1CCN(C(=O)[C@H](N)Cc2ccncc2)CC1.COc1ccccc1N1CCN(C[C@H](N)Cc2ccncc2)CC1. The van der Waals surface area contributed by atoms with Crippen molar-refractivity contribution in [2.45, 2.75) is 24.9 Å². The Labute approximate surface area is 290 Å². The van der Waals surface area contributed by atoms with Crippen molar-refractivity contribution >= 4 is 17.3 Å². The molecule has 2 aromatic carbocycles. The standard InChI is InChI=1S/C19H24N4O2.C19H26N4O/c1-25-18-5-3-2-4-17(18)22-10-12-23(13-11-22)19(24)16(20)14-15-6-8-21-9-7-15;1-24-19-5-3-2-4-18(19)23-12-10-22(11-13-23)15-17(20)14-16-6-8-21-9-7-16/h2-9,16H,10-14,20H2,1H3;2-9,17H,10-15,20H2,1H3/t16-;17-/m11/s1. The molecule has 0 spiro atoms. The van der Waals surface area contributed by atoms with Gasteiger partial charge in [0.15, 0.2) is 0 Å². The molecule has 4 aromatic rings. The third-order valence-electron chi connectivity index (χ3n) is 9.08. The van der Waals surface area contributed by atoms with E-state index in [9.17, 15) is 4.79 Å². The van der Waals surface area contributed by atoms with Gasteiger partial charge in [0.25, 0.3) is 0 Å². The van der Waals surface area contributed by atoms with Crippen LogP contribution in [0, 0.1) is 0 Å². The minimum atomic E-state index is -0.514. The Hall–Kier alpha value is -4.71. The first-order valence-corrected chi connectivity index (χ1v) is 17.0. The predicted octanol–water partition coefficient (Wildman–Crippen LogP) is 3.09. The number of para-hydroxylation sites is 4. The fraction of sp³-hybridized carbons (Fsp3) is 0.395. The number of nitrogens with zero attached hydrogens (tertiary/aromatic N) is 6. The zero-order chi connectivity index (χ0) is 34.4. The molecule has 0 aliphatic carbocycles. The minimum absolute atomic E-state index is 0.0106. The summed E-state index contributed by atoms with van der Waals surface area (Å²) in [7, 11) is 3.41. The highest BCUT2D eigenvalue weighted by Gasteiger charge is 2.26. The topological polar surface area (TPSA) is 126 Å². The van der Waals surface area contributed by atoms with Gasteiger partial charge in [-0.1, -0.05) is 24.3 Å². The van der Waals surface area contributed by atoms with E-state index in [1.807, 2.05) is 78.0 Å². The number of ether oxygens (including phenoxy) is 2. The molecule has 4 heterocycles. The highest BCUT2D eigenvalue weighted by molar-refractivity contribution is 5.82. The monoisotopic (exact) mass is 666 g/mol. The number of hydrogen-bond acceptors (Lipinski definition) is 10. The van der Waals surface area contributed by atoms with Gasteiger partial charge in [-0.2, -0.15) is 0 Å². The molecule has 260 valence electrons. The van der Waals surface area contributed by atoms with Crippen LogP contribution in [0.5, 0.6) is 11.5 Å². The summed E-state index contributed by atoms with van der Waals surface area (Å²) in [6.07, 6.45) is 8.53. The molecule has 2 aliphatic rings. The van der Waals surface area contributed by atoms with Gasteiger partial charge in [-0.25, -0.2) is 0 Å². The fourth-order valence-corrected chi connectivity index (χ4v) is 6.43. The normalized spacial score (nSPS) is 16.3. The number of amides is 1. The van der Waals surface area contributed by atoms with Gasteiger partial charge in [-0.3, -0.25) is 19.7 Å². The van der Waals surface area contributed by atoms with Crippen LogP contribution in [0.3, 0.4) is 0 Å². The molecule has 0 saturated carbocycles. The number of carbonyl (C=O) groups is 1. The van der Waals surface area contributed by atoms with E-state index in [1.165, 1.54) is 11.3 Å². The van der Waals surface area contributed by atoms with Crippen molar-refractivity contribution in [1.82, 2.24) is 19.8 Å². The lowest BCUT2D eigenvalue weighted by atomic mass is 10.1. The molecule has 11 heteroatoms. The Morgan fingerprint density at radius 3 is 1.59 bits per heavy atom. The maximum atomic E-state index is 12.6. The third kappa shape index (κ3) is 10.1. The molecule has 0 radical (unpaired) electrons. The van der Waals surface area contributed by atoms with E-state index in [4.69, 9.17) is 20.9 Å². The second kappa shape index (κ2) is 18.2. The van der Waals surface area contributed by atoms with Crippen LogP contribution in [-0.2, 0) is 17.6 Å². The van der Waals surface area contributed by atoms with E-state index in [1.54, 1.807) is 26.6 Å². The van der Waals surface area contributed by atoms with Crippen LogP contribution in [0.2, 0.25) is 0 Å². The quantitative estimate of drug-likeness (QED) is 0.247. The predicted molar refractivity (Wildman–Crippen MR) is 195 cm³/mol. The number of aromatic nitrogens is 2. The number of rotatable bonds is 11. The zero-order valence-corrected chi connectivity index (χ0v) is 28.7. The van der Waals surface area contributed by atoms with Crippen LogP contribution in [-0.4, -0.2) is 111 Å². The van der Waals surface area contributed by atoms with E-state index in [0.29, 0.717) is 19.5 Å². The molecular weight excluding hydrogens is 616 g/mol. The number of anilines is 2. The van der Waals surface area contributed by atoms with Crippen LogP contribution >= 0.6 is 0 Å². The Kier molecular flexibility index (Phi) is 13.2. The molecule has 6 rings (SSSR count). The number of methoxy groups -OCH3 is 2. The van der Waals surface area contributed by atoms with E-state index in [0.717, 1.165) is 75.0 Å². The lowest BCUT2D eigenvalue weighted by Gasteiger charge is -2.37. The smallest absolute Gasteiger partial charge is 0.239 e. The maximum absolute atomic E-state index is 12.6. The number of piperazine rings is 2. The average molecular weight is 667 g/mol. The van der Waals surface area contributed by atoms with Crippen molar-refractivity contribution in [2.75, 3.05) is 82.9 Å². The van der Waals surface area contributed by atoms with Crippen molar-refractivity contribution < 1.29 is 14.3 Å². The highest BCUT2D eigenvalue weighted by Crippen LogP contribution is 2.29. The lowest BCUT2D eigenvalue weighted by molar-refractivity contribution is -0.132. The third-order valence-corrected chi connectivity index (χ3v) is 9.08. The van der Waals surface area contributed by atoms with Crippen LogP contribution < -0.4 is 30.7 Å². The highest BCUT2D eigenvalue weighted by atomic mass is 16.5. The van der Waals surface area contributed by atoms with E-state index < -0.39 is 6.04 Å². The van der Waals surface area contributed by atoms with Crippen LogP contribution in [0.4, 0.5) is 11.4 Å². The number of nitrogens with two attached hydrogens (primary N) is 2. The lowest BCUT2D eigenvalue weighted by Crippen LogP contribution is -2.53. The van der Waals surface area contributed by atoms with Gasteiger partial charge >= 0.3 is 0 Å². The Bertz CT molecular complexity index is 1560. The molecule has 2 aromatic heterocycles. The number of carbonyl (C=O) groups excluding carboxylic acids is 1. The van der Waals surface area contributed by atoms with Gasteiger partial charge in [0.05, 0.1) is 31.6 Å². The largest absolute Gasteiger partial charge is 0.495 e. The van der Waals surface area contributed by atoms with Gasteiger partial charge in [0.2, 0.25) is 5.91 Å². The molecule has 0 unspecified atom stereocenters. The van der Waals surface area contributed by atoms with Crippen LogP contribution in [0.1, 0.15) is 11.1 Å². The Morgan fingerprint density at radius 2 is 1.10 bits per heavy atom. The molecule has 2 fully saturated rings. The fourth-order valence-electron chi connectivity index (χ4n) is 6.43. The summed E-state index contributed by atoms with van der Waals surface area (Å²) in [5.74, 6) is 1.81. The van der Waals surface area contributed by atoms with Crippen molar-refractivity contribution in [2.24, 2.45) is 11.5 Å². The Balaban J connectivity index is 0.000000191. The molecule has 4 N–H and O–H groups in total. The van der Waals surface area contributed by atoms with Gasteiger partial charge in [-0.05, 0) is 72.5 Å². The molecular formula is C38H50N8O3. The average Bonchev–Trinajstić information content (AvgIpc) is 3.16. The van der Waals surface area contributed by atoms with E-state index >= 15 is 0 Å². The van der Waals surface area contributed by atoms with E-state index in [-0.39, 0.29) is 11.9 Å². The van der Waals surface area contributed by atoms with Gasteiger partial charge in [-0.15, -0.1) is 0 Å². The summed E-state index contributed by atoms with van der Waals surface area (Å²) in [6, 6.07) is 23.7. The molecule has 11 nitrogen and oxygen atoms in total. The maximum Gasteiger partial charge on any atom is 0.239 e. The first-order chi connectivity index (χ1) is 23.9. The van der Waals surface area contributed by atoms with Crippen molar-refractivity contribution in [3.05, 3.63) is 109 Å². The first kappa shape index (κ1) is 35.6. The zero-order valence-electron chi connectivity index (χ0n) is 28.7. The Morgan fingerprint density at radius 1 is 0.653 bits per heavy atom. The second-order valence-electron chi connectivity index (χ2n) is 12.4. The summed E-state index contributed by atoms with van der Waals surface area (Å²) in [5, 5.41) is 0. The van der Waals surface area contributed by atoms with E-state index in [2.05, 4.69) is 36.8 Å². The summed E-state index contributed by atoms with van der Waals surface area (Å²) in [4.78, 5) is 29.6. The van der Waals surface area contributed by atoms with Gasteiger partial charge < -0.3 is 35.6 Å². The summed E-state index contributed by atoms with van der Waals surface area (Å²) < 4.78 is 10.9. The minimum Gasteiger partial charge on any atom is -0.495 e. The van der Waals surface area contributed by atoms with Crippen LogP contribution in [0.15, 0.2) is 97.6 Å². The van der Waals surface area contributed by atoms with Crippen molar-refractivity contribution in [3.8, 4) is 11.5 Å². The van der Waals surface area contributed by atoms with Gasteiger partial charge in [0.1, 0.15) is 11.5 Å².